The molecule has 0 spiro atoms. The van der Waals surface area contributed by atoms with Crippen LogP contribution in [0, 0.1) is 6.92 Å². The summed E-state index contributed by atoms with van der Waals surface area (Å²) in [6, 6.07) is 0. The number of nitrogens with one attached hydrogen (secondary N) is 1. The number of aromatic nitrogens is 4. The Morgan fingerprint density at radius 2 is 2.27 bits per heavy atom. The number of aryl methyl sites for hydroxylation is 1. The first kappa shape index (κ1) is 9.80. The van der Waals surface area contributed by atoms with Gasteiger partial charge in [0.05, 0.1) is 5.69 Å². The Kier molecular flexibility index (Phi) is 2.05. The predicted molar refractivity (Wildman–Crippen MR) is 48.0 cm³/mol. The van der Waals surface area contributed by atoms with E-state index in [1.807, 2.05) is 0 Å². The van der Waals surface area contributed by atoms with Crippen molar-refractivity contribution in [2.45, 2.75) is 12.1 Å². The van der Waals surface area contributed by atoms with E-state index in [2.05, 4.69) is 20.2 Å². The Morgan fingerprint density at radius 3 is 2.73 bits per heavy atom. The molecule has 2 heterocycles. The fourth-order valence-corrected chi connectivity index (χ4v) is 1.38. The lowest BCUT2D eigenvalue weighted by Crippen LogP contribution is -2.13. The van der Waals surface area contributed by atoms with Crippen LogP contribution in [0.15, 0.2) is 16.0 Å². The zero-order valence-corrected chi connectivity index (χ0v) is 8.45. The van der Waals surface area contributed by atoms with Crippen LogP contribution in [0.2, 0.25) is 0 Å². The van der Waals surface area contributed by atoms with Gasteiger partial charge < -0.3 is 4.42 Å². The van der Waals surface area contributed by atoms with Crippen molar-refractivity contribution in [2.24, 2.45) is 5.14 Å². The first-order valence-electron chi connectivity index (χ1n) is 3.84. The average molecular weight is 229 g/mol. The van der Waals surface area contributed by atoms with Crippen LogP contribution in [0.5, 0.6) is 0 Å². The highest BCUT2D eigenvalue weighted by Gasteiger charge is 2.18. The second-order valence-corrected chi connectivity index (χ2v) is 4.25. The van der Waals surface area contributed by atoms with E-state index in [0.29, 0.717) is 11.5 Å². The standard InChI is InChI=1S/C6H7N5O3S/c1-3-4(14-2-8-3)5-9-6(11-10-5)15(7,12)13/h2H,1H3,(H2,7,12,13)(H,9,10,11). The number of sulfonamides is 1. The Balaban J connectivity index is 2.50. The third-order valence-corrected chi connectivity index (χ3v) is 2.40. The molecule has 0 unspecified atom stereocenters. The van der Waals surface area contributed by atoms with E-state index >= 15 is 0 Å². The maximum atomic E-state index is 10.9. The lowest BCUT2D eigenvalue weighted by atomic mass is 10.3. The van der Waals surface area contributed by atoms with Gasteiger partial charge in [0, 0.05) is 0 Å². The highest BCUT2D eigenvalue weighted by atomic mass is 32.2. The summed E-state index contributed by atoms with van der Waals surface area (Å²) in [5, 5.41) is 10.3. The van der Waals surface area contributed by atoms with Crippen LogP contribution in [-0.2, 0) is 10.0 Å². The minimum Gasteiger partial charge on any atom is -0.440 e. The van der Waals surface area contributed by atoms with Crippen LogP contribution < -0.4 is 5.14 Å². The number of rotatable bonds is 2. The monoisotopic (exact) mass is 229 g/mol. The van der Waals surface area contributed by atoms with E-state index in [4.69, 9.17) is 9.56 Å². The van der Waals surface area contributed by atoms with Gasteiger partial charge >= 0.3 is 0 Å². The third-order valence-electron chi connectivity index (χ3n) is 1.68. The molecule has 8 nitrogen and oxygen atoms in total. The molecule has 3 N–H and O–H groups in total. The molecule has 0 amide bonds. The summed E-state index contributed by atoms with van der Waals surface area (Å²) in [4.78, 5) is 7.49. The van der Waals surface area contributed by atoms with Gasteiger partial charge in [-0.1, -0.05) is 0 Å². The highest BCUT2D eigenvalue weighted by Crippen LogP contribution is 2.18. The van der Waals surface area contributed by atoms with E-state index in [1.54, 1.807) is 6.92 Å². The number of aromatic amines is 1. The first-order valence-corrected chi connectivity index (χ1v) is 5.39. The number of hydrogen-bond donors (Lipinski definition) is 2. The topological polar surface area (TPSA) is 128 Å². The minimum atomic E-state index is -3.88. The van der Waals surface area contributed by atoms with Crippen LogP contribution in [0.1, 0.15) is 5.69 Å². The summed E-state index contributed by atoms with van der Waals surface area (Å²) in [6.45, 7) is 1.69. The molecule has 0 radical (unpaired) electrons. The maximum absolute atomic E-state index is 10.9. The van der Waals surface area contributed by atoms with Crippen molar-refractivity contribution < 1.29 is 12.8 Å². The summed E-state index contributed by atoms with van der Waals surface area (Å²) >= 11 is 0. The molecule has 0 saturated heterocycles. The van der Waals surface area contributed by atoms with E-state index in [-0.39, 0.29) is 5.82 Å². The summed E-state index contributed by atoms with van der Waals surface area (Å²) in [6.07, 6.45) is 1.22. The van der Waals surface area contributed by atoms with Crippen molar-refractivity contribution in [3.63, 3.8) is 0 Å². The number of nitrogens with two attached hydrogens (primary N) is 1. The SMILES string of the molecule is Cc1ncoc1-c1n[nH]c(S(N)(=O)=O)n1. The van der Waals surface area contributed by atoms with Gasteiger partial charge in [-0.15, -0.1) is 5.10 Å². The Morgan fingerprint density at radius 1 is 1.53 bits per heavy atom. The predicted octanol–water partition coefficient (Wildman–Crippen LogP) is -0.584. The van der Waals surface area contributed by atoms with Gasteiger partial charge in [-0.25, -0.2) is 23.6 Å². The molecule has 0 aliphatic carbocycles. The largest absolute Gasteiger partial charge is 0.440 e. The average Bonchev–Trinajstić information content (AvgIpc) is 2.69. The zero-order chi connectivity index (χ0) is 11.1. The summed E-state index contributed by atoms with van der Waals surface area (Å²) < 4.78 is 26.8. The van der Waals surface area contributed by atoms with Gasteiger partial charge in [0.15, 0.2) is 12.2 Å². The molecule has 0 saturated carbocycles. The molecule has 2 aromatic rings. The third kappa shape index (κ3) is 1.74. The first-order chi connectivity index (χ1) is 6.98. The minimum absolute atomic E-state index is 0.106. The Labute approximate surface area is 84.6 Å². The molecule has 0 bridgehead atoms. The molecule has 0 aliphatic rings. The molecule has 2 rings (SSSR count). The molecule has 0 aromatic carbocycles. The lowest BCUT2D eigenvalue weighted by molar-refractivity contribution is 0.567. The Bertz CT molecular complexity index is 583. The van der Waals surface area contributed by atoms with Gasteiger partial charge in [0.25, 0.3) is 15.2 Å². The second-order valence-electron chi connectivity index (χ2n) is 2.78. The molecule has 0 aliphatic heterocycles. The number of H-pyrrole nitrogens is 1. The van der Waals surface area contributed by atoms with E-state index in [1.165, 1.54) is 6.39 Å². The normalized spacial score (nSPS) is 11.9. The van der Waals surface area contributed by atoms with Crippen LogP contribution in [0.4, 0.5) is 0 Å². The molecular formula is C6H7N5O3S. The Hall–Kier alpha value is -1.74. The van der Waals surface area contributed by atoms with E-state index in [9.17, 15) is 8.42 Å². The smallest absolute Gasteiger partial charge is 0.273 e. The molecular weight excluding hydrogens is 222 g/mol. The van der Waals surface area contributed by atoms with E-state index < -0.39 is 15.2 Å². The van der Waals surface area contributed by atoms with Crippen molar-refractivity contribution in [2.75, 3.05) is 0 Å². The molecule has 80 valence electrons. The van der Waals surface area contributed by atoms with Crippen molar-refractivity contribution >= 4 is 10.0 Å². The quantitative estimate of drug-likeness (QED) is 0.708. The number of primary sulfonamides is 1. The van der Waals surface area contributed by atoms with Crippen LogP contribution in [0.25, 0.3) is 11.6 Å². The summed E-state index contributed by atoms with van der Waals surface area (Å²) in [5.41, 5.74) is 0.565. The van der Waals surface area contributed by atoms with Crippen molar-refractivity contribution in [3.05, 3.63) is 12.1 Å². The number of oxazole rings is 1. The zero-order valence-electron chi connectivity index (χ0n) is 7.63. The fraction of sp³-hybridized carbons (Fsp3) is 0.167. The van der Waals surface area contributed by atoms with Gasteiger partial charge in [-0.05, 0) is 6.92 Å². The highest BCUT2D eigenvalue weighted by molar-refractivity contribution is 7.89. The summed E-state index contributed by atoms with van der Waals surface area (Å²) in [7, 11) is -3.88. The van der Waals surface area contributed by atoms with Gasteiger partial charge in [-0.3, -0.25) is 0 Å². The van der Waals surface area contributed by atoms with Crippen LogP contribution >= 0.6 is 0 Å². The molecule has 0 atom stereocenters. The number of hydrogen-bond acceptors (Lipinski definition) is 6. The molecule has 0 fully saturated rings. The van der Waals surface area contributed by atoms with Gasteiger partial charge in [-0.2, -0.15) is 4.98 Å². The molecule has 2 aromatic heterocycles. The van der Waals surface area contributed by atoms with Crippen LogP contribution in [0.3, 0.4) is 0 Å². The van der Waals surface area contributed by atoms with Crippen molar-refractivity contribution in [3.8, 4) is 11.6 Å². The maximum Gasteiger partial charge on any atom is 0.273 e. The lowest BCUT2D eigenvalue weighted by Gasteiger charge is -1.88. The van der Waals surface area contributed by atoms with E-state index in [0.717, 1.165) is 0 Å². The van der Waals surface area contributed by atoms with Crippen molar-refractivity contribution in [1.82, 2.24) is 20.2 Å². The van der Waals surface area contributed by atoms with Crippen molar-refractivity contribution in [1.29, 1.82) is 0 Å². The molecule has 15 heavy (non-hydrogen) atoms. The second kappa shape index (κ2) is 3.14. The molecule has 9 heteroatoms. The number of nitrogens with zero attached hydrogens (tertiary/aromatic N) is 3. The van der Waals surface area contributed by atoms with Crippen LogP contribution in [-0.4, -0.2) is 28.6 Å². The fourth-order valence-electron chi connectivity index (χ4n) is 0.992. The summed E-state index contributed by atoms with van der Waals surface area (Å²) in [5.74, 6) is 0.412. The van der Waals surface area contributed by atoms with Gasteiger partial charge in [0.1, 0.15) is 0 Å². The van der Waals surface area contributed by atoms with Gasteiger partial charge in [0.2, 0.25) is 5.82 Å².